The number of nitrogens with zero attached hydrogens (tertiary/aromatic N) is 2. The van der Waals surface area contributed by atoms with E-state index < -0.39 is 0 Å². The molecule has 1 aliphatic rings. The topological polar surface area (TPSA) is 55.8 Å². The molecule has 2 aromatic carbocycles. The summed E-state index contributed by atoms with van der Waals surface area (Å²) >= 11 is 0. The molecular formula is C21H27N3O2. The molecular weight excluding hydrogens is 326 g/mol. The molecule has 138 valence electrons. The second-order valence-corrected chi connectivity index (χ2v) is 6.94. The lowest BCUT2D eigenvalue weighted by atomic mass is 10.1. The van der Waals surface area contributed by atoms with Crippen LogP contribution in [0.15, 0.2) is 42.5 Å². The van der Waals surface area contributed by atoms with Gasteiger partial charge in [0.2, 0.25) is 0 Å². The van der Waals surface area contributed by atoms with Crippen LogP contribution in [0.3, 0.4) is 0 Å². The van der Waals surface area contributed by atoms with Crippen molar-refractivity contribution in [2.24, 2.45) is 0 Å². The summed E-state index contributed by atoms with van der Waals surface area (Å²) in [5, 5.41) is 12.8. The molecule has 3 rings (SSSR count). The van der Waals surface area contributed by atoms with Crippen LogP contribution in [-0.2, 0) is 13.0 Å². The highest BCUT2D eigenvalue weighted by molar-refractivity contribution is 6.06. The van der Waals surface area contributed by atoms with Crippen molar-refractivity contribution in [2.75, 3.05) is 38.5 Å². The second kappa shape index (κ2) is 8.34. The van der Waals surface area contributed by atoms with E-state index in [-0.39, 0.29) is 11.7 Å². The molecule has 26 heavy (non-hydrogen) atoms. The number of amides is 1. The zero-order valence-electron chi connectivity index (χ0n) is 15.5. The molecule has 0 spiro atoms. The molecule has 1 fully saturated rings. The van der Waals surface area contributed by atoms with Crippen molar-refractivity contribution in [1.82, 2.24) is 9.80 Å². The van der Waals surface area contributed by atoms with Crippen molar-refractivity contribution >= 4 is 11.6 Å². The van der Waals surface area contributed by atoms with E-state index in [0.717, 1.165) is 50.4 Å². The SMILES string of the molecule is CCc1ccc(O)c(C(=O)Nc2ccc(CN3CCN(C)CC3)cc2)c1. The molecule has 2 aromatic rings. The van der Waals surface area contributed by atoms with Gasteiger partial charge in [0.1, 0.15) is 5.75 Å². The molecule has 5 heteroatoms. The number of rotatable bonds is 5. The molecule has 0 saturated carbocycles. The van der Waals surface area contributed by atoms with Crippen LogP contribution < -0.4 is 5.32 Å². The molecule has 1 saturated heterocycles. The van der Waals surface area contributed by atoms with Gasteiger partial charge < -0.3 is 15.3 Å². The second-order valence-electron chi connectivity index (χ2n) is 6.94. The lowest BCUT2D eigenvalue weighted by Crippen LogP contribution is -2.43. The predicted molar refractivity (Wildman–Crippen MR) is 105 cm³/mol. The van der Waals surface area contributed by atoms with E-state index in [1.807, 2.05) is 25.1 Å². The Kier molecular flexibility index (Phi) is 5.91. The molecule has 1 aliphatic heterocycles. The fourth-order valence-corrected chi connectivity index (χ4v) is 3.14. The van der Waals surface area contributed by atoms with Gasteiger partial charge in [-0.15, -0.1) is 0 Å². The first-order valence-electron chi connectivity index (χ1n) is 9.18. The zero-order chi connectivity index (χ0) is 18.5. The van der Waals surface area contributed by atoms with Crippen molar-refractivity contribution in [2.45, 2.75) is 19.9 Å². The number of likely N-dealkylation sites (N-methyl/N-ethyl adjacent to an activating group) is 1. The number of phenols is 1. The van der Waals surface area contributed by atoms with Gasteiger partial charge in [-0.25, -0.2) is 0 Å². The van der Waals surface area contributed by atoms with Crippen LogP contribution in [0, 0.1) is 0 Å². The van der Waals surface area contributed by atoms with E-state index in [4.69, 9.17) is 0 Å². The lowest BCUT2D eigenvalue weighted by molar-refractivity contribution is 0.102. The fourth-order valence-electron chi connectivity index (χ4n) is 3.14. The molecule has 0 aromatic heterocycles. The average Bonchev–Trinajstić information content (AvgIpc) is 2.65. The maximum atomic E-state index is 12.5. The summed E-state index contributed by atoms with van der Waals surface area (Å²) in [7, 11) is 2.16. The minimum atomic E-state index is -0.287. The number of piperazine rings is 1. The first-order chi connectivity index (χ1) is 12.5. The van der Waals surface area contributed by atoms with Gasteiger partial charge in [0, 0.05) is 38.4 Å². The lowest BCUT2D eigenvalue weighted by Gasteiger charge is -2.32. The highest BCUT2D eigenvalue weighted by atomic mass is 16.3. The van der Waals surface area contributed by atoms with Gasteiger partial charge in [0.25, 0.3) is 5.91 Å². The summed E-state index contributed by atoms with van der Waals surface area (Å²) in [6.45, 7) is 7.33. The third kappa shape index (κ3) is 4.62. The summed E-state index contributed by atoms with van der Waals surface area (Å²) in [5.41, 5.74) is 3.31. The molecule has 0 radical (unpaired) electrons. The average molecular weight is 353 g/mol. The minimum Gasteiger partial charge on any atom is -0.507 e. The van der Waals surface area contributed by atoms with Gasteiger partial charge in [-0.05, 0) is 48.9 Å². The Bertz CT molecular complexity index is 750. The van der Waals surface area contributed by atoms with Crippen molar-refractivity contribution in [3.8, 4) is 5.75 Å². The number of aromatic hydroxyl groups is 1. The number of nitrogens with one attached hydrogen (secondary N) is 1. The van der Waals surface area contributed by atoms with E-state index >= 15 is 0 Å². The van der Waals surface area contributed by atoms with Gasteiger partial charge in [-0.3, -0.25) is 9.69 Å². The van der Waals surface area contributed by atoms with Gasteiger partial charge in [0.15, 0.2) is 0 Å². The zero-order valence-corrected chi connectivity index (χ0v) is 15.5. The highest BCUT2D eigenvalue weighted by Gasteiger charge is 2.14. The number of carbonyl (C=O) groups excluding carboxylic acids is 1. The number of hydrogen-bond acceptors (Lipinski definition) is 4. The molecule has 1 amide bonds. The third-order valence-electron chi connectivity index (χ3n) is 4.93. The smallest absolute Gasteiger partial charge is 0.259 e. The number of carbonyl (C=O) groups is 1. The largest absolute Gasteiger partial charge is 0.507 e. The standard InChI is InChI=1S/C21H27N3O2/c1-3-16-6-9-20(25)19(14-16)21(26)22-18-7-4-17(5-8-18)15-24-12-10-23(2)11-13-24/h4-9,14,25H,3,10-13,15H2,1-2H3,(H,22,26). The van der Waals surface area contributed by atoms with Crippen LogP contribution >= 0.6 is 0 Å². The number of aryl methyl sites for hydroxylation is 1. The van der Waals surface area contributed by atoms with Crippen molar-refractivity contribution in [3.05, 3.63) is 59.2 Å². The number of phenolic OH excluding ortho intramolecular Hbond substituents is 1. The Hall–Kier alpha value is -2.37. The normalized spacial score (nSPS) is 15.8. The minimum absolute atomic E-state index is 0.00591. The maximum Gasteiger partial charge on any atom is 0.259 e. The number of hydrogen-bond donors (Lipinski definition) is 2. The van der Waals surface area contributed by atoms with E-state index in [9.17, 15) is 9.90 Å². The van der Waals surface area contributed by atoms with Gasteiger partial charge >= 0.3 is 0 Å². The van der Waals surface area contributed by atoms with E-state index in [2.05, 4.69) is 34.3 Å². The van der Waals surface area contributed by atoms with Crippen LogP contribution in [-0.4, -0.2) is 54.0 Å². The Morgan fingerprint density at radius 3 is 2.35 bits per heavy atom. The maximum absolute atomic E-state index is 12.5. The van der Waals surface area contributed by atoms with E-state index in [1.165, 1.54) is 5.56 Å². The number of anilines is 1. The first-order valence-corrected chi connectivity index (χ1v) is 9.18. The summed E-state index contributed by atoms with van der Waals surface area (Å²) in [4.78, 5) is 17.2. The van der Waals surface area contributed by atoms with Crippen molar-refractivity contribution in [1.29, 1.82) is 0 Å². The third-order valence-corrected chi connectivity index (χ3v) is 4.93. The molecule has 0 atom stereocenters. The van der Waals surface area contributed by atoms with Crippen LogP contribution in [0.25, 0.3) is 0 Å². The fraction of sp³-hybridized carbons (Fsp3) is 0.381. The van der Waals surface area contributed by atoms with Crippen molar-refractivity contribution in [3.63, 3.8) is 0 Å². The summed E-state index contributed by atoms with van der Waals surface area (Å²) in [6, 6.07) is 13.1. The molecule has 0 bridgehead atoms. The monoisotopic (exact) mass is 353 g/mol. The summed E-state index contributed by atoms with van der Waals surface area (Å²) < 4.78 is 0. The molecule has 1 heterocycles. The summed E-state index contributed by atoms with van der Waals surface area (Å²) in [6.07, 6.45) is 0.821. The highest BCUT2D eigenvalue weighted by Crippen LogP contribution is 2.21. The van der Waals surface area contributed by atoms with Crippen molar-refractivity contribution < 1.29 is 9.90 Å². The number of benzene rings is 2. The molecule has 5 nitrogen and oxygen atoms in total. The van der Waals surface area contributed by atoms with Crippen LogP contribution in [0.1, 0.15) is 28.4 Å². The van der Waals surface area contributed by atoms with E-state index in [0.29, 0.717) is 5.56 Å². The summed E-state index contributed by atoms with van der Waals surface area (Å²) in [5.74, 6) is -0.281. The van der Waals surface area contributed by atoms with Crippen LogP contribution in [0.5, 0.6) is 5.75 Å². The Morgan fingerprint density at radius 2 is 1.69 bits per heavy atom. The van der Waals surface area contributed by atoms with Gasteiger partial charge in [0.05, 0.1) is 5.56 Å². The van der Waals surface area contributed by atoms with E-state index in [1.54, 1.807) is 12.1 Å². The van der Waals surface area contributed by atoms with Gasteiger partial charge in [-0.1, -0.05) is 25.1 Å². The Morgan fingerprint density at radius 1 is 1.04 bits per heavy atom. The van der Waals surface area contributed by atoms with Gasteiger partial charge in [-0.2, -0.15) is 0 Å². The molecule has 2 N–H and O–H groups in total. The van der Waals surface area contributed by atoms with Crippen LogP contribution in [0.2, 0.25) is 0 Å². The van der Waals surface area contributed by atoms with Crippen LogP contribution in [0.4, 0.5) is 5.69 Å². The quantitative estimate of drug-likeness (QED) is 0.868. The first kappa shape index (κ1) is 18.4. The Balaban J connectivity index is 1.61. The predicted octanol–water partition coefficient (Wildman–Crippen LogP) is 2.95. The molecule has 0 aliphatic carbocycles. The Labute approximate surface area is 155 Å². The molecule has 0 unspecified atom stereocenters.